The van der Waals surface area contributed by atoms with Crippen LogP contribution >= 0.6 is 11.6 Å². The largest absolute Gasteiger partial charge is 0.214 e. The molecule has 1 aliphatic heterocycles. The van der Waals surface area contributed by atoms with E-state index < -0.39 is 15.4 Å². The SMILES string of the molecule is N#CC(Cl)CN1CCCCS1(=O)=O. The van der Waals surface area contributed by atoms with Crippen molar-refractivity contribution in [1.82, 2.24) is 4.31 Å². The minimum absolute atomic E-state index is 0.111. The molecule has 0 aromatic carbocycles. The van der Waals surface area contributed by atoms with E-state index in [-0.39, 0.29) is 12.3 Å². The highest BCUT2D eigenvalue weighted by molar-refractivity contribution is 7.89. The van der Waals surface area contributed by atoms with Crippen LogP contribution in [0, 0.1) is 11.3 Å². The maximum absolute atomic E-state index is 11.4. The Kier molecular flexibility index (Phi) is 3.54. The molecule has 0 radical (unpaired) electrons. The number of nitrogens with zero attached hydrogens (tertiary/aromatic N) is 2. The number of halogens is 1. The van der Waals surface area contributed by atoms with Gasteiger partial charge in [-0.2, -0.15) is 9.57 Å². The van der Waals surface area contributed by atoms with E-state index in [9.17, 15) is 8.42 Å². The van der Waals surface area contributed by atoms with Crippen LogP contribution in [0.4, 0.5) is 0 Å². The predicted octanol–water partition coefficient (Wildman–Crippen LogP) is 0.543. The molecular weight excluding hydrogens is 212 g/mol. The zero-order valence-corrected chi connectivity index (χ0v) is 8.68. The maximum atomic E-state index is 11.4. The van der Waals surface area contributed by atoms with Gasteiger partial charge in [0.2, 0.25) is 10.0 Å². The molecule has 1 unspecified atom stereocenters. The molecule has 0 N–H and O–H groups in total. The summed E-state index contributed by atoms with van der Waals surface area (Å²) in [6.07, 6.45) is 1.56. The Hall–Kier alpha value is -0.310. The summed E-state index contributed by atoms with van der Waals surface area (Å²) < 4.78 is 24.1. The van der Waals surface area contributed by atoms with Gasteiger partial charge < -0.3 is 0 Å². The minimum atomic E-state index is -3.13. The molecule has 0 amide bonds. The van der Waals surface area contributed by atoms with Gasteiger partial charge >= 0.3 is 0 Å². The van der Waals surface area contributed by atoms with Crippen molar-refractivity contribution in [2.75, 3.05) is 18.8 Å². The fourth-order valence-corrected chi connectivity index (χ4v) is 3.12. The van der Waals surface area contributed by atoms with Crippen LogP contribution in [0.3, 0.4) is 0 Å². The molecule has 0 saturated carbocycles. The van der Waals surface area contributed by atoms with E-state index in [4.69, 9.17) is 16.9 Å². The van der Waals surface area contributed by atoms with E-state index in [1.807, 2.05) is 6.07 Å². The Morgan fingerprint density at radius 2 is 2.23 bits per heavy atom. The van der Waals surface area contributed by atoms with Gasteiger partial charge in [-0.3, -0.25) is 0 Å². The zero-order valence-electron chi connectivity index (χ0n) is 7.11. The van der Waals surface area contributed by atoms with Crippen LogP contribution < -0.4 is 0 Å². The fraction of sp³-hybridized carbons (Fsp3) is 0.857. The van der Waals surface area contributed by atoms with Crippen molar-refractivity contribution in [3.8, 4) is 6.07 Å². The van der Waals surface area contributed by atoms with Crippen molar-refractivity contribution in [1.29, 1.82) is 5.26 Å². The van der Waals surface area contributed by atoms with Crippen molar-refractivity contribution in [2.24, 2.45) is 0 Å². The summed E-state index contributed by atoms with van der Waals surface area (Å²) in [6.45, 7) is 0.605. The molecule has 74 valence electrons. The lowest BCUT2D eigenvalue weighted by Gasteiger charge is -2.26. The van der Waals surface area contributed by atoms with Gasteiger partial charge in [0.1, 0.15) is 5.38 Å². The van der Waals surface area contributed by atoms with Gasteiger partial charge in [-0.05, 0) is 12.8 Å². The highest BCUT2D eigenvalue weighted by Crippen LogP contribution is 2.14. The van der Waals surface area contributed by atoms with Crippen molar-refractivity contribution in [3.05, 3.63) is 0 Å². The topological polar surface area (TPSA) is 61.2 Å². The Labute approximate surface area is 83.1 Å². The normalized spacial score (nSPS) is 24.9. The summed E-state index contributed by atoms with van der Waals surface area (Å²) in [4.78, 5) is 0. The summed E-state index contributed by atoms with van der Waals surface area (Å²) in [5, 5.41) is 7.69. The van der Waals surface area contributed by atoms with E-state index in [2.05, 4.69) is 0 Å². The third kappa shape index (κ3) is 2.83. The molecule has 0 aromatic heterocycles. The molecular formula is C7H11ClN2O2S. The number of nitriles is 1. The summed E-state index contributed by atoms with van der Waals surface area (Å²) >= 11 is 5.56. The number of rotatable bonds is 2. The molecule has 1 atom stereocenters. The van der Waals surface area contributed by atoms with E-state index in [0.717, 1.165) is 6.42 Å². The molecule has 4 nitrogen and oxygen atoms in total. The molecule has 0 aliphatic carbocycles. The average molecular weight is 223 g/mol. The summed E-state index contributed by atoms with van der Waals surface area (Å²) in [7, 11) is -3.13. The van der Waals surface area contributed by atoms with Gasteiger partial charge in [0.05, 0.1) is 11.8 Å². The third-order valence-corrected chi connectivity index (χ3v) is 4.12. The zero-order chi connectivity index (χ0) is 9.90. The summed E-state index contributed by atoms with van der Waals surface area (Å²) in [5.41, 5.74) is 0. The summed E-state index contributed by atoms with van der Waals surface area (Å²) in [5.74, 6) is 0.183. The van der Waals surface area contributed by atoms with Gasteiger partial charge in [0.25, 0.3) is 0 Å². The molecule has 1 aliphatic rings. The van der Waals surface area contributed by atoms with Gasteiger partial charge in [-0.15, -0.1) is 11.6 Å². The van der Waals surface area contributed by atoms with Crippen LogP contribution in [0.25, 0.3) is 0 Å². The second-order valence-electron chi connectivity index (χ2n) is 2.98. The molecule has 0 bridgehead atoms. The highest BCUT2D eigenvalue weighted by Gasteiger charge is 2.27. The first-order valence-corrected chi connectivity index (χ1v) is 6.12. The number of hydrogen-bond donors (Lipinski definition) is 0. The molecule has 0 aromatic rings. The average Bonchev–Trinajstić information content (AvgIpc) is 2.08. The van der Waals surface area contributed by atoms with Crippen molar-refractivity contribution < 1.29 is 8.42 Å². The quantitative estimate of drug-likeness (QED) is 0.641. The maximum Gasteiger partial charge on any atom is 0.214 e. The van der Waals surface area contributed by atoms with Crippen LogP contribution in [0.5, 0.6) is 0 Å². The minimum Gasteiger partial charge on any atom is -0.212 e. The van der Waals surface area contributed by atoms with E-state index in [1.54, 1.807) is 0 Å². The third-order valence-electron chi connectivity index (χ3n) is 1.96. The lowest BCUT2D eigenvalue weighted by Crippen LogP contribution is -2.40. The van der Waals surface area contributed by atoms with Gasteiger partial charge in [-0.25, -0.2) is 8.42 Å². The predicted molar refractivity (Wildman–Crippen MR) is 49.8 cm³/mol. The first kappa shape index (κ1) is 10.8. The monoisotopic (exact) mass is 222 g/mol. The highest BCUT2D eigenvalue weighted by atomic mass is 35.5. The van der Waals surface area contributed by atoms with Crippen LogP contribution in [0.1, 0.15) is 12.8 Å². The van der Waals surface area contributed by atoms with Crippen LogP contribution in [-0.4, -0.2) is 36.9 Å². The molecule has 1 heterocycles. The molecule has 13 heavy (non-hydrogen) atoms. The standard InChI is InChI=1S/C7H11ClN2O2S/c8-7(5-9)6-10-3-1-2-4-13(10,11)12/h7H,1-4,6H2. The van der Waals surface area contributed by atoms with E-state index in [1.165, 1.54) is 4.31 Å². The Morgan fingerprint density at radius 1 is 1.54 bits per heavy atom. The lowest BCUT2D eigenvalue weighted by atomic mass is 10.3. The van der Waals surface area contributed by atoms with Gasteiger partial charge in [0, 0.05) is 13.1 Å². The van der Waals surface area contributed by atoms with E-state index in [0.29, 0.717) is 13.0 Å². The van der Waals surface area contributed by atoms with Gasteiger partial charge in [-0.1, -0.05) is 0 Å². The lowest BCUT2D eigenvalue weighted by molar-refractivity contribution is 0.391. The van der Waals surface area contributed by atoms with E-state index >= 15 is 0 Å². The van der Waals surface area contributed by atoms with Crippen molar-refractivity contribution in [3.63, 3.8) is 0 Å². The molecule has 1 saturated heterocycles. The Balaban J connectivity index is 2.63. The summed E-state index contributed by atoms with van der Waals surface area (Å²) in [6, 6.07) is 1.81. The smallest absolute Gasteiger partial charge is 0.212 e. The first-order chi connectivity index (χ1) is 6.06. The molecule has 0 spiro atoms. The number of sulfonamides is 1. The van der Waals surface area contributed by atoms with Crippen LogP contribution in [-0.2, 0) is 10.0 Å². The Bertz CT molecular complexity index is 309. The van der Waals surface area contributed by atoms with Crippen molar-refractivity contribution in [2.45, 2.75) is 18.2 Å². The number of alkyl halides is 1. The van der Waals surface area contributed by atoms with Crippen LogP contribution in [0.15, 0.2) is 0 Å². The molecule has 6 heteroatoms. The van der Waals surface area contributed by atoms with Gasteiger partial charge in [0.15, 0.2) is 0 Å². The molecule has 1 rings (SSSR count). The number of hydrogen-bond acceptors (Lipinski definition) is 3. The molecule has 1 fully saturated rings. The second-order valence-corrected chi connectivity index (χ2v) is 5.59. The van der Waals surface area contributed by atoms with Crippen molar-refractivity contribution >= 4 is 21.6 Å². The first-order valence-electron chi connectivity index (χ1n) is 4.08. The fourth-order valence-electron chi connectivity index (χ4n) is 1.27. The second kappa shape index (κ2) is 4.27. The Morgan fingerprint density at radius 3 is 2.77 bits per heavy atom. The van der Waals surface area contributed by atoms with Crippen LogP contribution in [0.2, 0.25) is 0 Å².